The van der Waals surface area contributed by atoms with Crippen molar-refractivity contribution >= 4 is 89.5 Å². The fraction of sp³-hybridized carbons (Fsp3) is 0.0667. The third-order valence-electron chi connectivity index (χ3n) is 20.5. The van der Waals surface area contributed by atoms with Gasteiger partial charge in [0.05, 0.1) is 33.4 Å². The van der Waals surface area contributed by atoms with Gasteiger partial charge in [0.15, 0.2) is 0 Å². The number of benzene rings is 14. The summed E-state index contributed by atoms with van der Waals surface area (Å²) in [5.41, 5.74) is 29.9. The van der Waals surface area contributed by atoms with Crippen LogP contribution in [0.5, 0.6) is 0 Å². The van der Waals surface area contributed by atoms with Gasteiger partial charge in [-0.15, -0.1) is 0 Å². The summed E-state index contributed by atoms with van der Waals surface area (Å²) in [6, 6.07) is 108. The summed E-state index contributed by atoms with van der Waals surface area (Å²) in [4.78, 5) is 0. The van der Waals surface area contributed by atoms with Crippen LogP contribution in [-0.2, 0) is 10.8 Å². The van der Waals surface area contributed by atoms with Crippen molar-refractivity contribution < 1.29 is 0 Å². The predicted molar refractivity (Wildman–Crippen MR) is 392 cm³/mol. The molecular weight excluding hydrogens is 1110 g/mol. The van der Waals surface area contributed by atoms with Gasteiger partial charge in [-0.05, 0) is 172 Å². The van der Waals surface area contributed by atoms with E-state index in [4.69, 9.17) is 0 Å². The van der Waals surface area contributed by atoms with E-state index in [-0.39, 0.29) is 10.8 Å². The Kier molecular flexibility index (Phi) is 12.0. The molecule has 0 amide bonds. The van der Waals surface area contributed by atoms with Gasteiger partial charge in [-0.25, -0.2) is 0 Å². The van der Waals surface area contributed by atoms with Crippen molar-refractivity contribution in [2.45, 2.75) is 38.5 Å². The zero-order chi connectivity index (χ0) is 61.4. The number of hydrogen-bond donors (Lipinski definition) is 0. The highest BCUT2D eigenvalue weighted by Crippen LogP contribution is 2.53. The molecule has 2 aromatic heterocycles. The minimum atomic E-state index is -0.162. The molecule has 0 N–H and O–H groups in total. The quantitative estimate of drug-likeness (QED) is 0.128. The molecule has 14 aromatic carbocycles. The molecule has 2 nitrogen and oxygen atoms in total. The Labute approximate surface area is 536 Å². The van der Waals surface area contributed by atoms with E-state index in [1.165, 1.54) is 177 Å². The molecule has 92 heavy (non-hydrogen) atoms. The van der Waals surface area contributed by atoms with E-state index in [0.717, 1.165) is 0 Å². The lowest BCUT2D eigenvalue weighted by molar-refractivity contribution is 0.659. The van der Waals surface area contributed by atoms with Crippen LogP contribution in [0.2, 0.25) is 0 Å². The van der Waals surface area contributed by atoms with Gasteiger partial charge in [0, 0.05) is 43.1 Å². The molecule has 0 spiro atoms. The first-order valence-corrected chi connectivity index (χ1v) is 32.3. The van der Waals surface area contributed by atoms with Gasteiger partial charge in [-0.1, -0.05) is 283 Å². The summed E-state index contributed by atoms with van der Waals surface area (Å²) in [5, 5.41) is 10.0. The van der Waals surface area contributed by atoms with Crippen LogP contribution in [0.25, 0.3) is 156 Å². The summed E-state index contributed by atoms with van der Waals surface area (Å²) >= 11 is 0. The number of aromatic nitrogens is 2. The highest BCUT2D eigenvalue weighted by Gasteiger charge is 2.38. The summed E-state index contributed by atoms with van der Waals surface area (Å²) in [6.07, 6.45) is 9.04. The minimum Gasteiger partial charge on any atom is -0.309 e. The largest absolute Gasteiger partial charge is 0.309 e. The lowest BCUT2D eigenvalue weighted by Crippen LogP contribution is -2.15. The molecular formula is C90H64N2. The van der Waals surface area contributed by atoms with Gasteiger partial charge in [0.25, 0.3) is 0 Å². The first-order valence-electron chi connectivity index (χ1n) is 32.3. The molecule has 0 aliphatic heterocycles. The zero-order valence-electron chi connectivity index (χ0n) is 51.9. The number of rotatable bonds is 9. The Morgan fingerprint density at radius 1 is 0.228 bits per heavy atom. The summed E-state index contributed by atoms with van der Waals surface area (Å²) < 4.78 is 4.86. The molecule has 2 heterocycles. The zero-order valence-corrected chi connectivity index (χ0v) is 51.9. The first-order chi connectivity index (χ1) is 45.1. The van der Waals surface area contributed by atoms with Crippen molar-refractivity contribution in [2.24, 2.45) is 0 Å². The summed E-state index contributed by atoms with van der Waals surface area (Å²) in [7, 11) is 0. The first kappa shape index (κ1) is 53.7. The molecule has 0 unspecified atom stereocenters. The average molecular weight is 1170 g/mol. The third-order valence-corrected chi connectivity index (χ3v) is 20.5. The number of para-hydroxylation sites is 2. The topological polar surface area (TPSA) is 9.86 Å². The van der Waals surface area contributed by atoms with Crippen LogP contribution in [0.3, 0.4) is 0 Å². The van der Waals surface area contributed by atoms with Gasteiger partial charge >= 0.3 is 0 Å². The minimum absolute atomic E-state index is 0.162. The molecule has 18 rings (SSSR count). The molecule has 16 aromatic rings. The maximum absolute atomic E-state index is 2.46. The second-order valence-corrected chi connectivity index (χ2v) is 26.5. The molecule has 2 aliphatic rings. The van der Waals surface area contributed by atoms with E-state index in [0.29, 0.717) is 0 Å². The molecule has 0 bridgehead atoms. The lowest BCUT2D eigenvalue weighted by Gasteiger charge is -2.23. The van der Waals surface area contributed by atoms with E-state index in [2.05, 4.69) is 352 Å². The van der Waals surface area contributed by atoms with Gasteiger partial charge in [-0.3, -0.25) is 0 Å². The Morgan fingerprint density at radius 3 is 0.967 bits per heavy atom. The van der Waals surface area contributed by atoms with Gasteiger partial charge in [0.2, 0.25) is 0 Å². The maximum atomic E-state index is 2.46. The molecule has 2 aliphatic carbocycles. The highest BCUT2D eigenvalue weighted by molar-refractivity contribution is 6.13. The number of nitrogens with zero attached hydrogens (tertiary/aromatic N) is 2. The van der Waals surface area contributed by atoms with Crippen LogP contribution in [0.15, 0.2) is 291 Å². The van der Waals surface area contributed by atoms with Crippen molar-refractivity contribution in [2.75, 3.05) is 0 Å². The van der Waals surface area contributed by atoms with Gasteiger partial charge < -0.3 is 9.13 Å². The van der Waals surface area contributed by atoms with Crippen LogP contribution in [-0.4, -0.2) is 9.13 Å². The van der Waals surface area contributed by atoms with E-state index in [9.17, 15) is 0 Å². The molecule has 0 saturated heterocycles. The van der Waals surface area contributed by atoms with Crippen LogP contribution >= 0.6 is 0 Å². The second kappa shape index (κ2) is 20.6. The SMILES string of the molecule is CC1(C)c2cc(C=Cc3ccc(-c4ccc5c(c4)c4ccccc4n5-c4cccc5ccccc45)cc3)ccc2-c2ccc(-c3ccc4c(c3)C(C)(C)c3cc(C=Cc5ccc(-c6ccc7c(c6)c6ccccc6n7-c6cccc7ccccc67)cc5)ccc3-4)cc21. The Hall–Kier alpha value is -11.3. The molecule has 2 heteroatoms. The number of fused-ring (bicyclic) bond motifs is 14. The highest BCUT2D eigenvalue weighted by atomic mass is 15.0. The van der Waals surface area contributed by atoms with E-state index in [1.54, 1.807) is 0 Å². The van der Waals surface area contributed by atoms with E-state index in [1.807, 2.05) is 0 Å². The fourth-order valence-electron chi connectivity index (χ4n) is 15.7. The standard InChI is InChI=1S/C90H64N2/c1-89(2)79-51-59(29-27-57-31-37-61(38-32-57)65-43-49-87-77(53-65)75-21-9-11-23-85(75)91(87)83-25-13-17-63-15-5-7-19-69(63)83)35-45-71(79)73-47-41-67(55-81(73)89)68-42-48-74-72-46-36-60(52-80(72)90(3,4)82(74)56-68)30-28-58-33-39-62(40-34-58)66-44-50-88-78(54-66)76-22-10-12-24-86(76)92(88)84-26-14-18-64-16-6-8-20-70(64)84/h5-56H,1-4H3. The Morgan fingerprint density at radius 2 is 0.533 bits per heavy atom. The second-order valence-electron chi connectivity index (χ2n) is 26.5. The van der Waals surface area contributed by atoms with Crippen LogP contribution in [0, 0.1) is 0 Å². The maximum Gasteiger partial charge on any atom is 0.0541 e. The van der Waals surface area contributed by atoms with Crippen molar-refractivity contribution in [3.8, 4) is 67.0 Å². The Balaban J connectivity index is 0.564. The van der Waals surface area contributed by atoms with E-state index < -0.39 is 0 Å². The lowest BCUT2D eigenvalue weighted by atomic mass is 9.80. The van der Waals surface area contributed by atoms with Crippen molar-refractivity contribution in [3.63, 3.8) is 0 Å². The van der Waals surface area contributed by atoms with Crippen molar-refractivity contribution in [1.82, 2.24) is 9.13 Å². The average Bonchev–Trinajstić information content (AvgIpc) is 1.60. The van der Waals surface area contributed by atoms with Crippen LogP contribution in [0.1, 0.15) is 72.2 Å². The molecule has 434 valence electrons. The normalized spacial score (nSPS) is 13.7. The smallest absolute Gasteiger partial charge is 0.0541 e. The fourth-order valence-corrected chi connectivity index (χ4v) is 15.7. The number of hydrogen-bond acceptors (Lipinski definition) is 0. The molecule has 0 atom stereocenters. The van der Waals surface area contributed by atoms with Crippen LogP contribution < -0.4 is 0 Å². The molecule has 0 fully saturated rings. The van der Waals surface area contributed by atoms with Gasteiger partial charge in [-0.2, -0.15) is 0 Å². The third kappa shape index (κ3) is 8.48. The summed E-state index contributed by atoms with van der Waals surface area (Å²) in [6.45, 7) is 9.58. The molecule has 0 saturated carbocycles. The predicted octanol–water partition coefficient (Wildman–Crippen LogP) is 24.1. The Bertz CT molecular complexity index is 5430. The van der Waals surface area contributed by atoms with Crippen molar-refractivity contribution in [1.29, 1.82) is 0 Å². The van der Waals surface area contributed by atoms with Crippen LogP contribution in [0.4, 0.5) is 0 Å². The van der Waals surface area contributed by atoms with Gasteiger partial charge in [0.1, 0.15) is 0 Å². The summed E-state index contributed by atoms with van der Waals surface area (Å²) in [5.74, 6) is 0. The van der Waals surface area contributed by atoms with Crippen molar-refractivity contribution in [3.05, 3.63) is 336 Å². The van der Waals surface area contributed by atoms with E-state index >= 15 is 0 Å². The molecule has 0 radical (unpaired) electrons. The monoisotopic (exact) mass is 1170 g/mol.